The molecule has 0 spiro atoms. The summed E-state index contributed by atoms with van der Waals surface area (Å²) in [6.07, 6.45) is 3.42. The molecule has 1 atom stereocenters. The second-order valence-corrected chi connectivity index (χ2v) is 4.87. The molecule has 2 rings (SSSR count). The van der Waals surface area contributed by atoms with Crippen LogP contribution in [0.3, 0.4) is 0 Å². The van der Waals surface area contributed by atoms with E-state index in [0.29, 0.717) is 0 Å². The van der Waals surface area contributed by atoms with Crippen molar-refractivity contribution in [1.82, 2.24) is 4.90 Å². The van der Waals surface area contributed by atoms with E-state index in [1.807, 2.05) is 24.3 Å². The summed E-state index contributed by atoms with van der Waals surface area (Å²) < 4.78 is 0. The van der Waals surface area contributed by atoms with Gasteiger partial charge in [0.15, 0.2) is 0 Å². The molecule has 0 aliphatic carbocycles. The second kappa shape index (κ2) is 5.98. The number of amidine groups is 1. The average Bonchev–Trinajstić information content (AvgIpc) is 2.40. The van der Waals surface area contributed by atoms with Crippen molar-refractivity contribution in [2.75, 3.05) is 13.2 Å². The minimum absolute atomic E-state index is 0.114. The number of rotatable bonds is 4. The van der Waals surface area contributed by atoms with Crippen LogP contribution in [0.5, 0.6) is 0 Å². The molecule has 0 aromatic heterocycles. The lowest BCUT2D eigenvalue weighted by Gasteiger charge is -2.34. The molecule has 1 unspecified atom stereocenters. The van der Waals surface area contributed by atoms with Crippen molar-refractivity contribution in [3.05, 3.63) is 35.4 Å². The van der Waals surface area contributed by atoms with E-state index in [-0.39, 0.29) is 18.5 Å². The van der Waals surface area contributed by atoms with Gasteiger partial charge in [0.25, 0.3) is 0 Å². The summed E-state index contributed by atoms with van der Waals surface area (Å²) in [6, 6.07) is 8.02. The normalized spacial score (nSPS) is 20.8. The van der Waals surface area contributed by atoms with E-state index in [1.54, 1.807) is 0 Å². The van der Waals surface area contributed by atoms with Gasteiger partial charge in [-0.05, 0) is 24.9 Å². The van der Waals surface area contributed by atoms with Crippen LogP contribution in [0, 0.1) is 5.41 Å². The first kappa shape index (κ1) is 13.1. The summed E-state index contributed by atoms with van der Waals surface area (Å²) in [6.45, 7) is 1.99. The number of nitrogens with one attached hydrogen (secondary N) is 1. The number of aliphatic hydroxyl groups is 1. The molecule has 1 heterocycles. The van der Waals surface area contributed by atoms with Gasteiger partial charge in [-0.15, -0.1) is 0 Å². The van der Waals surface area contributed by atoms with Gasteiger partial charge < -0.3 is 10.8 Å². The zero-order valence-electron chi connectivity index (χ0n) is 10.6. The fraction of sp³-hybridized carbons (Fsp3) is 0.500. The minimum Gasteiger partial charge on any atom is -0.395 e. The smallest absolute Gasteiger partial charge is 0.123 e. The van der Waals surface area contributed by atoms with Crippen LogP contribution in [0.2, 0.25) is 0 Å². The zero-order valence-corrected chi connectivity index (χ0v) is 10.6. The first-order valence-corrected chi connectivity index (χ1v) is 6.49. The molecule has 1 aliphatic rings. The van der Waals surface area contributed by atoms with E-state index in [0.717, 1.165) is 30.6 Å². The van der Waals surface area contributed by atoms with Crippen LogP contribution >= 0.6 is 0 Å². The fourth-order valence-electron chi connectivity index (χ4n) is 2.61. The van der Waals surface area contributed by atoms with Crippen molar-refractivity contribution in [3.8, 4) is 0 Å². The number of likely N-dealkylation sites (tertiary alicyclic amines) is 1. The Kier molecular flexibility index (Phi) is 4.33. The molecule has 4 N–H and O–H groups in total. The van der Waals surface area contributed by atoms with Crippen LogP contribution in [0.1, 0.15) is 30.4 Å². The molecular formula is C14H21N3O. The summed E-state index contributed by atoms with van der Waals surface area (Å²) >= 11 is 0. The van der Waals surface area contributed by atoms with Crippen molar-refractivity contribution in [2.24, 2.45) is 5.73 Å². The van der Waals surface area contributed by atoms with Crippen molar-refractivity contribution in [2.45, 2.75) is 31.8 Å². The number of hydrogen-bond donors (Lipinski definition) is 3. The van der Waals surface area contributed by atoms with E-state index in [9.17, 15) is 5.11 Å². The van der Waals surface area contributed by atoms with Gasteiger partial charge in [0, 0.05) is 18.2 Å². The standard InChI is InChI=1S/C14H21N3O/c15-14(16)13-7-2-1-5-11(13)9-17-8-4-3-6-12(17)10-18/h1-2,5,7,12,18H,3-4,6,8-10H2,(H3,15,16). The van der Waals surface area contributed by atoms with E-state index in [4.69, 9.17) is 11.1 Å². The predicted octanol–water partition coefficient (Wildman–Crippen LogP) is 1.32. The molecule has 4 nitrogen and oxygen atoms in total. The number of nitrogen functional groups attached to an aromatic ring is 1. The van der Waals surface area contributed by atoms with Gasteiger partial charge in [-0.2, -0.15) is 0 Å². The molecule has 98 valence electrons. The molecule has 18 heavy (non-hydrogen) atoms. The third-order valence-corrected chi connectivity index (χ3v) is 3.64. The summed E-state index contributed by atoms with van der Waals surface area (Å²) in [7, 11) is 0. The van der Waals surface area contributed by atoms with E-state index < -0.39 is 0 Å². The molecule has 0 radical (unpaired) electrons. The van der Waals surface area contributed by atoms with Crippen molar-refractivity contribution >= 4 is 5.84 Å². The van der Waals surface area contributed by atoms with Crippen LogP contribution in [-0.4, -0.2) is 35.0 Å². The monoisotopic (exact) mass is 247 g/mol. The molecule has 4 heteroatoms. The Morgan fingerprint density at radius 2 is 2.17 bits per heavy atom. The Balaban J connectivity index is 2.15. The molecule has 0 saturated carbocycles. The van der Waals surface area contributed by atoms with Gasteiger partial charge in [-0.3, -0.25) is 10.3 Å². The topological polar surface area (TPSA) is 73.3 Å². The second-order valence-electron chi connectivity index (χ2n) is 4.87. The Bertz CT molecular complexity index is 419. The number of benzene rings is 1. The van der Waals surface area contributed by atoms with E-state index in [1.165, 1.54) is 12.8 Å². The van der Waals surface area contributed by atoms with E-state index in [2.05, 4.69) is 4.90 Å². The fourth-order valence-corrected chi connectivity index (χ4v) is 2.61. The highest BCUT2D eigenvalue weighted by molar-refractivity contribution is 5.96. The van der Waals surface area contributed by atoms with Crippen LogP contribution < -0.4 is 5.73 Å². The summed E-state index contributed by atoms with van der Waals surface area (Å²) in [4.78, 5) is 2.30. The summed E-state index contributed by atoms with van der Waals surface area (Å²) in [5.41, 5.74) is 7.48. The first-order valence-electron chi connectivity index (χ1n) is 6.49. The van der Waals surface area contributed by atoms with Crippen molar-refractivity contribution in [1.29, 1.82) is 5.41 Å². The third kappa shape index (κ3) is 2.89. The summed E-state index contributed by atoms with van der Waals surface area (Å²) in [5, 5.41) is 17.0. The van der Waals surface area contributed by atoms with Gasteiger partial charge in [-0.25, -0.2) is 0 Å². The van der Waals surface area contributed by atoms with Crippen LogP contribution in [0.25, 0.3) is 0 Å². The Morgan fingerprint density at radius 3 is 2.89 bits per heavy atom. The number of aliphatic hydroxyl groups excluding tert-OH is 1. The molecule has 1 saturated heterocycles. The minimum atomic E-state index is 0.114. The van der Waals surface area contributed by atoms with Crippen molar-refractivity contribution in [3.63, 3.8) is 0 Å². The van der Waals surface area contributed by atoms with Gasteiger partial charge in [0.1, 0.15) is 5.84 Å². The lowest BCUT2D eigenvalue weighted by molar-refractivity contribution is 0.0841. The highest BCUT2D eigenvalue weighted by Gasteiger charge is 2.22. The largest absolute Gasteiger partial charge is 0.395 e. The molecule has 1 aromatic rings. The molecule has 0 bridgehead atoms. The Morgan fingerprint density at radius 1 is 1.39 bits per heavy atom. The molecule has 1 aliphatic heterocycles. The zero-order chi connectivity index (χ0) is 13.0. The number of nitrogens with two attached hydrogens (primary N) is 1. The highest BCUT2D eigenvalue weighted by Crippen LogP contribution is 2.20. The molecule has 1 aromatic carbocycles. The van der Waals surface area contributed by atoms with Crippen LogP contribution in [0.4, 0.5) is 0 Å². The maximum Gasteiger partial charge on any atom is 0.123 e. The lowest BCUT2D eigenvalue weighted by atomic mass is 10.00. The summed E-state index contributed by atoms with van der Waals surface area (Å²) in [5.74, 6) is 0.114. The highest BCUT2D eigenvalue weighted by atomic mass is 16.3. The maximum atomic E-state index is 9.41. The Labute approximate surface area is 108 Å². The van der Waals surface area contributed by atoms with Crippen LogP contribution in [-0.2, 0) is 6.54 Å². The Hall–Kier alpha value is -1.39. The SMILES string of the molecule is N=C(N)c1ccccc1CN1CCCCC1CO. The van der Waals surface area contributed by atoms with Gasteiger partial charge in [-0.1, -0.05) is 30.7 Å². The number of nitrogens with zero attached hydrogens (tertiary/aromatic N) is 1. The van der Waals surface area contributed by atoms with Gasteiger partial charge >= 0.3 is 0 Å². The number of hydrogen-bond acceptors (Lipinski definition) is 3. The molecule has 1 fully saturated rings. The van der Waals surface area contributed by atoms with Gasteiger partial charge in [0.2, 0.25) is 0 Å². The average molecular weight is 247 g/mol. The number of piperidine rings is 1. The van der Waals surface area contributed by atoms with Crippen molar-refractivity contribution < 1.29 is 5.11 Å². The molecule has 0 amide bonds. The lowest BCUT2D eigenvalue weighted by Crippen LogP contribution is -2.41. The third-order valence-electron chi connectivity index (χ3n) is 3.64. The van der Waals surface area contributed by atoms with Crippen LogP contribution in [0.15, 0.2) is 24.3 Å². The maximum absolute atomic E-state index is 9.41. The molecular weight excluding hydrogens is 226 g/mol. The quantitative estimate of drug-likeness (QED) is 0.555. The van der Waals surface area contributed by atoms with Gasteiger partial charge in [0.05, 0.1) is 6.61 Å². The van der Waals surface area contributed by atoms with E-state index >= 15 is 0 Å². The first-order chi connectivity index (χ1) is 8.72. The predicted molar refractivity (Wildman–Crippen MR) is 72.6 cm³/mol.